The van der Waals surface area contributed by atoms with Gasteiger partial charge in [0.2, 0.25) is 0 Å². The van der Waals surface area contributed by atoms with Crippen LogP contribution in [-0.4, -0.2) is 46.0 Å². The third kappa shape index (κ3) is 5.16. The van der Waals surface area contributed by atoms with E-state index in [0.717, 1.165) is 11.8 Å². The van der Waals surface area contributed by atoms with Crippen LogP contribution in [0.1, 0.15) is 16.9 Å². The maximum atomic E-state index is 13.1. The maximum absolute atomic E-state index is 13.1. The van der Waals surface area contributed by atoms with E-state index in [9.17, 15) is 36.2 Å². The Labute approximate surface area is 198 Å². The van der Waals surface area contributed by atoms with Crippen molar-refractivity contribution in [1.29, 1.82) is 0 Å². The average molecular weight is 522 g/mol. The zero-order valence-electron chi connectivity index (χ0n) is 17.0. The molecule has 182 valence electrons. The largest absolute Gasteiger partial charge is 0.457 e. The van der Waals surface area contributed by atoms with Crippen molar-refractivity contribution in [2.24, 2.45) is 5.92 Å². The fourth-order valence-corrected chi connectivity index (χ4v) is 4.86. The van der Waals surface area contributed by atoms with E-state index in [1.807, 2.05) is 0 Å². The lowest BCUT2D eigenvalue weighted by molar-refractivity contribution is -0.143. The molecule has 2 unspecified atom stereocenters. The molecule has 5 nitrogen and oxygen atoms in total. The van der Waals surface area contributed by atoms with Crippen molar-refractivity contribution in [3.05, 3.63) is 52.1 Å². The molecule has 2 N–H and O–H groups in total. The Balaban J connectivity index is 1.59. The molecule has 1 aromatic carbocycles. The van der Waals surface area contributed by atoms with E-state index in [1.54, 1.807) is 0 Å². The zero-order chi connectivity index (χ0) is 24.8. The van der Waals surface area contributed by atoms with Crippen LogP contribution in [0, 0.1) is 5.92 Å². The molecule has 2 aromatic rings. The highest BCUT2D eigenvalue weighted by atomic mass is 32.2. The summed E-state index contributed by atoms with van der Waals surface area (Å²) >= 11 is 6.23. The molecule has 2 saturated heterocycles. The van der Waals surface area contributed by atoms with Gasteiger partial charge in [0.05, 0.1) is 22.1 Å². The van der Waals surface area contributed by atoms with Crippen LogP contribution in [0.25, 0.3) is 17.4 Å². The number of hydrogen-bond acceptors (Lipinski definition) is 6. The number of rotatable bonds is 4. The number of carbonyl (C=O) groups excluding carboxylic acids is 1. The van der Waals surface area contributed by atoms with Crippen LogP contribution in [0.3, 0.4) is 0 Å². The Hall–Kier alpha value is -2.35. The van der Waals surface area contributed by atoms with Gasteiger partial charge >= 0.3 is 12.4 Å². The molecule has 2 atom stereocenters. The molecular weight excluding hydrogens is 506 g/mol. The maximum Gasteiger partial charge on any atom is 0.416 e. The Morgan fingerprint density at radius 3 is 2.32 bits per heavy atom. The first-order valence-electron chi connectivity index (χ1n) is 9.87. The van der Waals surface area contributed by atoms with Crippen LogP contribution in [0.2, 0.25) is 0 Å². The minimum Gasteiger partial charge on any atom is -0.457 e. The van der Waals surface area contributed by atoms with Gasteiger partial charge in [0, 0.05) is 37.2 Å². The molecule has 0 spiro atoms. The van der Waals surface area contributed by atoms with Gasteiger partial charge in [-0.1, -0.05) is 24.0 Å². The summed E-state index contributed by atoms with van der Waals surface area (Å²) < 4.78 is 84.5. The summed E-state index contributed by atoms with van der Waals surface area (Å²) in [7, 11) is 0. The van der Waals surface area contributed by atoms with Gasteiger partial charge in [-0.3, -0.25) is 9.69 Å². The van der Waals surface area contributed by atoms with Gasteiger partial charge in [-0.15, -0.1) is 0 Å². The van der Waals surface area contributed by atoms with E-state index in [-0.39, 0.29) is 39.3 Å². The van der Waals surface area contributed by atoms with E-state index in [1.165, 1.54) is 23.1 Å². The van der Waals surface area contributed by atoms with Crippen LogP contribution in [-0.2, 0) is 17.1 Å². The number of carbonyl (C=O) groups is 1. The smallest absolute Gasteiger partial charge is 0.416 e. The van der Waals surface area contributed by atoms with Crippen molar-refractivity contribution in [2.75, 3.05) is 19.6 Å². The Morgan fingerprint density at radius 1 is 1.12 bits per heavy atom. The van der Waals surface area contributed by atoms with Crippen LogP contribution >= 0.6 is 24.0 Å². The second-order valence-electron chi connectivity index (χ2n) is 7.77. The molecule has 0 radical (unpaired) electrons. The summed E-state index contributed by atoms with van der Waals surface area (Å²) in [6.45, 7) is 1.15. The molecule has 3 heterocycles. The average Bonchev–Trinajstić information content (AvgIpc) is 3.44. The van der Waals surface area contributed by atoms with E-state index in [0.29, 0.717) is 25.2 Å². The molecular formula is C21H16F6N2O3S2. The molecule has 1 amide bonds. The summed E-state index contributed by atoms with van der Waals surface area (Å²) in [4.78, 5) is 14.3. The van der Waals surface area contributed by atoms with Gasteiger partial charge in [0.1, 0.15) is 15.8 Å². The molecule has 4 rings (SSSR count). The normalized spacial score (nSPS) is 22.9. The number of halogens is 6. The molecule has 13 heteroatoms. The van der Waals surface area contributed by atoms with E-state index >= 15 is 0 Å². The standard InChI is InChI=1S/C21H16F6N2O3S2/c22-20(23,24)12-3-10(4-13(5-12)21(25,26)27)16-2-1-14(32-16)6-17-18(31)29(19(33)34-17)9-11-7-28-8-15(11)30/h1-6,11,15,28,30H,7-9H2. The molecule has 0 bridgehead atoms. The highest BCUT2D eigenvalue weighted by molar-refractivity contribution is 8.26. The number of amides is 1. The van der Waals surface area contributed by atoms with E-state index in [4.69, 9.17) is 16.6 Å². The van der Waals surface area contributed by atoms with Gasteiger partial charge in [0.25, 0.3) is 5.91 Å². The molecule has 0 saturated carbocycles. The number of β-amino-alcohol motifs (C(OH)–C–C–N with tert-alkyl or cyclic N) is 1. The summed E-state index contributed by atoms with van der Waals surface area (Å²) in [6, 6.07) is 3.73. The lowest BCUT2D eigenvalue weighted by Gasteiger charge is -2.20. The number of nitrogens with one attached hydrogen (secondary N) is 1. The minimum absolute atomic E-state index is 0.0372. The van der Waals surface area contributed by atoms with Gasteiger partial charge < -0.3 is 14.8 Å². The fraction of sp³-hybridized carbons (Fsp3) is 0.333. The molecule has 1 aromatic heterocycles. The third-order valence-corrected chi connectivity index (χ3v) is 6.74. The summed E-state index contributed by atoms with van der Waals surface area (Å²) in [5.41, 5.74) is -3.32. The first-order valence-corrected chi connectivity index (χ1v) is 11.1. The van der Waals surface area contributed by atoms with Crippen molar-refractivity contribution in [3.8, 4) is 11.3 Å². The zero-order valence-corrected chi connectivity index (χ0v) is 18.7. The number of benzene rings is 1. The van der Waals surface area contributed by atoms with Crippen molar-refractivity contribution in [3.63, 3.8) is 0 Å². The fourth-order valence-electron chi connectivity index (χ4n) is 3.61. The summed E-state index contributed by atoms with van der Waals surface area (Å²) in [5, 5.41) is 13.0. The van der Waals surface area contributed by atoms with Crippen LogP contribution < -0.4 is 5.32 Å². The Morgan fingerprint density at radius 2 is 1.76 bits per heavy atom. The quantitative estimate of drug-likeness (QED) is 0.343. The van der Waals surface area contributed by atoms with Crippen molar-refractivity contribution < 1.29 is 40.7 Å². The molecule has 0 aliphatic carbocycles. The number of hydrogen-bond donors (Lipinski definition) is 2. The van der Waals surface area contributed by atoms with Gasteiger partial charge in [-0.25, -0.2) is 0 Å². The molecule has 2 fully saturated rings. The summed E-state index contributed by atoms with van der Waals surface area (Å²) in [5.74, 6) is -0.784. The van der Waals surface area contributed by atoms with E-state index < -0.39 is 41.1 Å². The SMILES string of the molecule is O=C1C(=Cc2ccc(-c3cc(C(F)(F)F)cc(C(F)(F)F)c3)o2)SC(=S)N1CC1CNCC1O. The Kier molecular flexibility index (Phi) is 6.57. The van der Waals surface area contributed by atoms with E-state index in [2.05, 4.69) is 5.32 Å². The predicted molar refractivity (Wildman–Crippen MR) is 116 cm³/mol. The first-order chi connectivity index (χ1) is 15.8. The lowest BCUT2D eigenvalue weighted by Crippen LogP contribution is -2.37. The number of aliphatic hydroxyl groups is 1. The number of aliphatic hydroxyl groups excluding tert-OH is 1. The van der Waals surface area contributed by atoms with Gasteiger partial charge in [0.15, 0.2) is 0 Å². The highest BCUT2D eigenvalue weighted by Crippen LogP contribution is 2.39. The Bertz CT molecular complexity index is 1130. The van der Waals surface area contributed by atoms with Crippen LogP contribution in [0.15, 0.2) is 39.7 Å². The van der Waals surface area contributed by atoms with Crippen molar-refractivity contribution >= 4 is 40.3 Å². The molecule has 2 aliphatic rings. The lowest BCUT2D eigenvalue weighted by atomic mass is 10.0. The van der Waals surface area contributed by atoms with Crippen molar-refractivity contribution in [1.82, 2.24) is 10.2 Å². The highest BCUT2D eigenvalue weighted by Gasteiger charge is 2.38. The first kappa shape index (κ1) is 24.8. The summed E-state index contributed by atoms with van der Waals surface area (Å²) in [6.07, 6.45) is -9.26. The number of nitrogens with zero attached hydrogens (tertiary/aromatic N) is 1. The number of furan rings is 1. The van der Waals surface area contributed by atoms with Gasteiger partial charge in [-0.05, 0) is 30.3 Å². The second-order valence-corrected chi connectivity index (χ2v) is 9.45. The number of alkyl halides is 6. The predicted octanol–water partition coefficient (Wildman–Crippen LogP) is 4.77. The van der Waals surface area contributed by atoms with Crippen molar-refractivity contribution in [2.45, 2.75) is 18.5 Å². The van der Waals surface area contributed by atoms with Crippen LogP contribution in [0.4, 0.5) is 26.3 Å². The number of thiocarbonyl (C=S) groups is 1. The van der Waals surface area contributed by atoms with Crippen LogP contribution in [0.5, 0.6) is 0 Å². The molecule has 34 heavy (non-hydrogen) atoms. The third-order valence-electron chi connectivity index (χ3n) is 5.37. The molecule has 2 aliphatic heterocycles. The number of thioether (sulfide) groups is 1. The second kappa shape index (κ2) is 9.02. The topological polar surface area (TPSA) is 65.7 Å². The monoisotopic (exact) mass is 522 g/mol. The van der Waals surface area contributed by atoms with Gasteiger partial charge in [-0.2, -0.15) is 26.3 Å². The minimum atomic E-state index is -4.98.